The van der Waals surface area contributed by atoms with Gasteiger partial charge in [0.05, 0.1) is 33.2 Å². The number of aryl methyl sites for hydroxylation is 1. The highest BCUT2D eigenvalue weighted by Gasteiger charge is 2.46. The second-order valence-corrected chi connectivity index (χ2v) is 10.6. The van der Waals surface area contributed by atoms with Gasteiger partial charge in [0.15, 0.2) is 16.1 Å². The Balaban J connectivity index is 1.59. The summed E-state index contributed by atoms with van der Waals surface area (Å²) in [6.45, 7) is 1.30. The van der Waals surface area contributed by atoms with Gasteiger partial charge in [0.1, 0.15) is 5.54 Å². The molecule has 2 heterocycles. The van der Waals surface area contributed by atoms with Crippen molar-refractivity contribution in [3.05, 3.63) is 51.9 Å². The molecule has 0 bridgehead atoms. The summed E-state index contributed by atoms with van der Waals surface area (Å²) in [6.07, 6.45) is -6.37. The molecule has 2 N–H and O–H groups in total. The number of hydrogen-bond acceptors (Lipinski definition) is 8. The maximum absolute atomic E-state index is 13.9. The average Bonchev–Trinajstić information content (AvgIpc) is 3.40. The van der Waals surface area contributed by atoms with Crippen molar-refractivity contribution in [2.24, 2.45) is 0 Å². The molecule has 1 aromatic heterocycles. The zero-order valence-corrected chi connectivity index (χ0v) is 19.1. The van der Waals surface area contributed by atoms with Crippen LogP contribution in [0.2, 0.25) is 0 Å². The lowest BCUT2D eigenvalue weighted by Gasteiger charge is -2.18. The maximum atomic E-state index is 13.9. The third-order valence-electron chi connectivity index (χ3n) is 5.80. The molecule has 0 unspecified atom stereocenters. The molecule has 4 rings (SSSR count). The predicted molar refractivity (Wildman–Crippen MR) is 114 cm³/mol. The van der Waals surface area contributed by atoms with E-state index in [4.69, 9.17) is 10.00 Å². The number of carbonyl (C=O) groups excluding carboxylic acids is 1. The summed E-state index contributed by atoms with van der Waals surface area (Å²) in [5, 5.41) is 16.7. The molecule has 1 aliphatic carbocycles. The highest BCUT2D eigenvalue weighted by atomic mass is 32.2. The minimum atomic E-state index is -5.04. The molecule has 2 atom stereocenters. The zero-order chi connectivity index (χ0) is 25.6. The number of aromatic nitrogens is 2. The van der Waals surface area contributed by atoms with Gasteiger partial charge in [0, 0.05) is 19.0 Å². The zero-order valence-electron chi connectivity index (χ0n) is 18.3. The number of alkyl halides is 3. The molecule has 1 saturated carbocycles. The van der Waals surface area contributed by atoms with E-state index in [-0.39, 0.29) is 18.7 Å². The van der Waals surface area contributed by atoms with E-state index in [1.54, 1.807) is 6.92 Å². The number of alkyl carbamates (subject to hydrolysis) is 1. The van der Waals surface area contributed by atoms with Crippen LogP contribution in [0.1, 0.15) is 30.5 Å². The van der Waals surface area contributed by atoms with Gasteiger partial charge in [-0.3, -0.25) is 10.1 Å². The van der Waals surface area contributed by atoms with Crippen molar-refractivity contribution in [2.45, 2.75) is 54.3 Å². The fourth-order valence-corrected chi connectivity index (χ4v) is 5.57. The largest absolute Gasteiger partial charge is 0.430 e. The van der Waals surface area contributed by atoms with E-state index in [9.17, 15) is 31.2 Å². The molecular weight excluding hydrogens is 491 g/mol. The van der Waals surface area contributed by atoms with E-state index in [0.717, 1.165) is 22.9 Å². The Hall–Kier alpha value is -3.44. The van der Waals surface area contributed by atoms with Gasteiger partial charge in [-0.25, -0.2) is 13.2 Å². The van der Waals surface area contributed by atoms with Gasteiger partial charge < -0.3 is 10.1 Å². The van der Waals surface area contributed by atoms with Gasteiger partial charge in [-0.2, -0.15) is 28.2 Å². The highest BCUT2D eigenvalue weighted by molar-refractivity contribution is 7.92. The Morgan fingerprint density at radius 1 is 1.31 bits per heavy atom. The van der Waals surface area contributed by atoms with E-state index in [1.165, 1.54) is 6.07 Å². The normalized spacial score (nSPS) is 21.2. The molecule has 14 heteroatoms. The number of carbonyl (C=O) groups is 1. The summed E-state index contributed by atoms with van der Waals surface area (Å²) in [7, 11) is -4.52. The van der Waals surface area contributed by atoms with E-state index in [1.807, 2.05) is 6.07 Å². The second-order valence-electron chi connectivity index (χ2n) is 8.43. The number of rotatable bonds is 5. The Labute approximate surface area is 197 Å². The lowest BCUT2D eigenvalue weighted by molar-refractivity contribution is -0.139. The number of nitrogens with one attached hydrogen (secondary N) is 2. The van der Waals surface area contributed by atoms with Gasteiger partial charge >= 0.3 is 12.3 Å². The third-order valence-corrected chi connectivity index (χ3v) is 8.00. The first-order valence-corrected chi connectivity index (χ1v) is 12.1. The Morgan fingerprint density at radius 3 is 2.66 bits per heavy atom. The van der Waals surface area contributed by atoms with Gasteiger partial charge in [0.25, 0.3) is 5.56 Å². The summed E-state index contributed by atoms with van der Waals surface area (Å²) in [4.78, 5) is 23.1. The summed E-state index contributed by atoms with van der Waals surface area (Å²) in [5.74, 6) is 0. The fraction of sp³-hybridized carbons (Fsp3) is 0.429. The van der Waals surface area contributed by atoms with Crippen molar-refractivity contribution in [2.75, 3.05) is 6.54 Å². The van der Waals surface area contributed by atoms with Crippen molar-refractivity contribution in [1.29, 1.82) is 5.26 Å². The lowest BCUT2D eigenvalue weighted by Crippen LogP contribution is -2.40. The number of nitrogens with zero attached hydrogens (tertiary/aromatic N) is 3. The average molecular weight is 511 g/mol. The van der Waals surface area contributed by atoms with Crippen LogP contribution in [0.4, 0.5) is 18.0 Å². The fourth-order valence-electron chi connectivity index (χ4n) is 3.73. The SMILES string of the molecule is Cc1ccc(=O)n(-c2ccc(S(=O)(=O)[C@H]3CN[C@@H](OC(=O)NC4(C#N)CC4)C3)c(C(F)(F)F)c2)n1. The van der Waals surface area contributed by atoms with Crippen LogP contribution in [0.25, 0.3) is 5.69 Å². The minimum absolute atomic E-state index is 0.237. The number of sulfone groups is 1. The first-order chi connectivity index (χ1) is 16.3. The van der Waals surface area contributed by atoms with Crippen molar-refractivity contribution in [1.82, 2.24) is 20.4 Å². The molecule has 1 saturated heterocycles. The molecule has 0 radical (unpaired) electrons. The van der Waals surface area contributed by atoms with Crippen LogP contribution in [0.15, 0.2) is 40.0 Å². The third kappa shape index (κ3) is 5.01. The first kappa shape index (κ1) is 24.7. The number of nitriles is 1. The second kappa shape index (κ2) is 8.65. The smallest absolute Gasteiger partial charge is 0.417 e. The summed E-state index contributed by atoms with van der Waals surface area (Å²) in [6, 6.07) is 6.94. The van der Waals surface area contributed by atoms with Gasteiger partial charge in [0.2, 0.25) is 0 Å². The highest BCUT2D eigenvalue weighted by Crippen LogP contribution is 2.38. The molecule has 1 aliphatic heterocycles. The first-order valence-electron chi connectivity index (χ1n) is 10.5. The molecule has 2 fully saturated rings. The molecule has 35 heavy (non-hydrogen) atoms. The van der Waals surface area contributed by atoms with E-state index < -0.39 is 55.1 Å². The standard InChI is InChI=1S/C21H20F3N5O5S/c1-12-2-5-18(30)29(28-12)13-3-4-16(15(8-13)21(22,23)24)35(32,33)14-9-17(26-10-14)34-19(31)27-20(11-25)6-7-20/h2-5,8,14,17,26H,6-7,9-10H2,1H3,(H,27,31)/t14-,17+/m1/s1. The molecule has 1 aromatic carbocycles. The number of ether oxygens (including phenoxy) is 1. The van der Waals surface area contributed by atoms with Crippen molar-refractivity contribution >= 4 is 15.9 Å². The predicted octanol–water partition coefficient (Wildman–Crippen LogP) is 1.80. The Kier molecular flexibility index (Phi) is 6.10. The molecule has 186 valence electrons. The number of halogens is 3. The van der Waals surface area contributed by atoms with E-state index in [2.05, 4.69) is 15.7 Å². The van der Waals surface area contributed by atoms with Crippen molar-refractivity contribution in [3.63, 3.8) is 0 Å². The topological polar surface area (TPSA) is 143 Å². The summed E-state index contributed by atoms with van der Waals surface area (Å²) in [5.41, 5.74) is -2.96. The summed E-state index contributed by atoms with van der Waals surface area (Å²) < 4.78 is 73.9. The van der Waals surface area contributed by atoms with Crippen LogP contribution >= 0.6 is 0 Å². The molecule has 2 aliphatic rings. The van der Waals surface area contributed by atoms with E-state index >= 15 is 0 Å². The number of amides is 1. The van der Waals surface area contributed by atoms with Crippen LogP contribution in [-0.4, -0.2) is 47.9 Å². The Bertz CT molecular complexity index is 1380. The molecule has 0 spiro atoms. The van der Waals surface area contributed by atoms with Crippen LogP contribution in [-0.2, 0) is 20.8 Å². The summed E-state index contributed by atoms with van der Waals surface area (Å²) >= 11 is 0. The van der Waals surface area contributed by atoms with E-state index in [0.29, 0.717) is 24.6 Å². The van der Waals surface area contributed by atoms with Gasteiger partial charge in [-0.05, 0) is 44.0 Å². The lowest BCUT2D eigenvalue weighted by atomic mass is 10.2. The van der Waals surface area contributed by atoms with Crippen LogP contribution in [0.5, 0.6) is 0 Å². The monoisotopic (exact) mass is 511 g/mol. The van der Waals surface area contributed by atoms with Crippen LogP contribution in [0.3, 0.4) is 0 Å². The maximum Gasteiger partial charge on any atom is 0.417 e. The quantitative estimate of drug-likeness (QED) is 0.619. The molecule has 2 aromatic rings. The van der Waals surface area contributed by atoms with Gasteiger partial charge in [-0.1, -0.05) is 0 Å². The number of hydrogen-bond donors (Lipinski definition) is 2. The van der Waals surface area contributed by atoms with Crippen LogP contribution in [0, 0.1) is 18.3 Å². The van der Waals surface area contributed by atoms with Crippen molar-refractivity contribution < 1.29 is 31.1 Å². The minimum Gasteiger partial charge on any atom is -0.430 e. The number of benzene rings is 1. The molecular formula is C21H20F3N5O5S. The van der Waals surface area contributed by atoms with Gasteiger partial charge in [-0.15, -0.1) is 0 Å². The van der Waals surface area contributed by atoms with Crippen molar-refractivity contribution in [3.8, 4) is 11.8 Å². The molecule has 10 nitrogen and oxygen atoms in total. The molecule has 1 amide bonds. The van der Waals surface area contributed by atoms with Crippen LogP contribution < -0.4 is 16.2 Å². The Morgan fingerprint density at radius 2 is 2.03 bits per heavy atom.